The number of nitrogens with one attached hydrogen (secondary N) is 1. The maximum absolute atomic E-state index is 11.8. The van der Waals surface area contributed by atoms with Crippen LogP contribution in [0.15, 0.2) is 30.3 Å². The van der Waals surface area contributed by atoms with Crippen molar-refractivity contribution >= 4 is 23.1 Å². The molecular weight excluding hydrogens is 232 g/mol. The van der Waals surface area contributed by atoms with Crippen LogP contribution in [-0.2, 0) is 6.42 Å². The summed E-state index contributed by atoms with van der Waals surface area (Å²) in [5.41, 5.74) is 2.54. The van der Waals surface area contributed by atoms with Crippen molar-refractivity contribution in [1.29, 1.82) is 0 Å². The number of benzene rings is 1. The lowest BCUT2D eigenvalue weighted by molar-refractivity contribution is 0.102. The Morgan fingerprint density at radius 3 is 2.59 bits per heavy atom. The molecule has 0 saturated carbocycles. The SMILES string of the molecule is CCc1ccc(NC(=O)c2cc(C)sn2)cc1. The second-order valence-electron chi connectivity index (χ2n) is 3.83. The predicted molar refractivity (Wildman–Crippen MR) is 70.6 cm³/mol. The van der Waals surface area contributed by atoms with Gasteiger partial charge in [0.15, 0.2) is 0 Å². The highest BCUT2D eigenvalue weighted by Gasteiger charge is 2.09. The van der Waals surface area contributed by atoms with Gasteiger partial charge >= 0.3 is 0 Å². The fraction of sp³-hybridized carbons (Fsp3) is 0.231. The molecule has 0 aliphatic carbocycles. The van der Waals surface area contributed by atoms with E-state index in [-0.39, 0.29) is 5.91 Å². The highest BCUT2D eigenvalue weighted by Crippen LogP contribution is 2.13. The van der Waals surface area contributed by atoms with E-state index in [1.54, 1.807) is 6.07 Å². The minimum atomic E-state index is -0.154. The van der Waals surface area contributed by atoms with E-state index in [2.05, 4.69) is 16.6 Å². The summed E-state index contributed by atoms with van der Waals surface area (Å²) in [5.74, 6) is -0.154. The van der Waals surface area contributed by atoms with Crippen molar-refractivity contribution < 1.29 is 4.79 Å². The van der Waals surface area contributed by atoms with Gasteiger partial charge in [0.25, 0.3) is 5.91 Å². The minimum Gasteiger partial charge on any atom is -0.321 e. The van der Waals surface area contributed by atoms with E-state index in [0.717, 1.165) is 17.0 Å². The molecule has 2 aromatic rings. The Labute approximate surface area is 105 Å². The molecule has 1 amide bonds. The molecule has 2 rings (SSSR count). The normalized spacial score (nSPS) is 10.2. The second kappa shape index (κ2) is 5.10. The maximum atomic E-state index is 11.8. The van der Waals surface area contributed by atoms with Crippen LogP contribution in [0.25, 0.3) is 0 Å². The molecule has 1 heterocycles. The lowest BCUT2D eigenvalue weighted by Crippen LogP contribution is -2.11. The first kappa shape index (κ1) is 11.8. The van der Waals surface area contributed by atoms with Gasteiger partial charge in [-0.05, 0) is 48.6 Å². The molecule has 0 aliphatic rings. The molecule has 0 atom stereocenters. The first-order valence-electron chi connectivity index (χ1n) is 5.52. The van der Waals surface area contributed by atoms with Crippen LogP contribution in [0.3, 0.4) is 0 Å². The van der Waals surface area contributed by atoms with E-state index in [1.807, 2.05) is 31.2 Å². The van der Waals surface area contributed by atoms with Gasteiger partial charge in [-0.15, -0.1) is 0 Å². The number of anilines is 1. The third-order valence-corrected chi connectivity index (χ3v) is 3.17. The fourth-order valence-electron chi connectivity index (χ4n) is 1.49. The van der Waals surface area contributed by atoms with E-state index in [1.165, 1.54) is 17.1 Å². The van der Waals surface area contributed by atoms with Crippen molar-refractivity contribution in [2.24, 2.45) is 0 Å². The molecule has 1 N–H and O–H groups in total. The Hall–Kier alpha value is -1.68. The number of hydrogen-bond acceptors (Lipinski definition) is 3. The molecule has 3 nitrogen and oxygen atoms in total. The molecular formula is C13H14N2OS. The number of carbonyl (C=O) groups is 1. The molecule has 0 bridgehead atoms. The van der Waals surface area contributed by atoms with E-state index in [9.17, 15) is 4.79 Å². The Morgan fingerprint density at radius 1 is 1.35 bits per heavy atom. The molecule has 88 valence electrons. The van der Waals surface area contributed by atoms with Crippen LogP contribution in [0.4, 0.5) is 5.69 Å². The maximum Gasteiger partial charge on any atom is 0.275 e. The summed E-state index contributed by atoms with van der Waals surface area (Å²) in [5, 5.41) is 2.83. The smallest absolute Gasteiger partial charge is 0.275 e. The summed E-state index contributed by atoms with van der Waals surface area (Å²) in [4.78, 5) is 12.9. The van der Waals surface area contributed by atoms with Gasteiger partial charge in [-0.1, -0.05) is 19.1 Å². The fourth-order valence-corrected chi connectivity index (χ4v) is 2.03. The van der Waals surface area contributed by atoms with Gasteiger partial charge < -0.3 is 5.32 Å². The lowest BCUT2D eigenvalue weighted by Gasteiger charge is -2.03. The largest absolute Gasteiger partial charge is 0.321 e. The first-order valence-corrected chi connectivity index (χ1v) is 6.30. The molecule has 0 aliphatic heterocycles. The lowest BCUT2D eigenvalue weighted by atomic mass is 10.1. The van der Waals surface area contributed by atoms with Crippen molar-refractivity contribution in [2.45, 2.75) is 20.3 Å². The quantitative estimate of drug-likeness (QED) is 0.903. The van der Waals surface area contributed by atoms with E-state index in [0.29, 0.717) is 5.69 Å². The van der Waals surface area contributed by atoms with Gasteiger partial charge in [-0.25, -0.2) is 0 Å². The van der Waals surface area contributed by atoms with Gasteiger partial charge in [0.2, 0.25) is 0 Å². The Kier molecular flexibility index (Phi) is 3.54. The van der Waals surface area contributed by atoms with Crippen LogP contribution in [0, 0.1) is 6.92 Å². The topological polar surface area (TPSA) is 42.0 Å². The number of carbonyl (C=O) groups excluding carboxylic acids is 1. The summed E-state index contributed by atoms with van der Waals surface area (Å²) < 4.78 is 4.08. The van der Waals surface area contributed by atoms with Crippen molar-refractivity contribution in [1.82, 2.24) is 4.37 Å². The van der Waals surface area contributed by atoms with E-state index >= 15 is 0 Å². The Balaban J connectivity index is 2.07. The first-order chi connectivity index (χ1) is 8.19. The highest BCUT2D eigenvalue weighted by atomic mass is 32.1. The third kappa shape index (κ3) is 2.91. The molecule has 0 saturated heterocycles. The molecule has 0 unspecified atom stereocenters. The zero-order valence-corrected chi connectivity index (χ0v) is 10.7. The molecule has 0 spiro atoms. The summed E-state index contributed by atoms with van der Waals surface area (Å²) >= 11 is 1.34. The summed E-state index contributed by atoms with van der Waals surface area (Å²) in [6.45, 7) is 4.04. The van der Waals surface area contributed by atoms with Crippen LogP contribution in [0.1, 0.15) is 27.9 Å². The Bertz CT molecular complexity index is 516. The van der Waals surface area contributed by atoms with Gasteiger partial charge in [-0.2, -0.15) is 4.37 Å². The molecule has 0 fully saturated rings. The third-order valence-electron chi connectivity index (χ3n) is 2.48. The number of nitrogens with zero attached hydrogens (tertiary/aromatic N) is 1. The van der Waals surface area contributed by atoms with Crippen LogP contribution >= 0.6 is 11.5 Å². The van der Waals surface area contributed by atoms with Crippen molar-refractivity contribution in [2.75, 3.05) is 5.32 Å². The highest BCUT2D eigenvalue weighted by molar-refractivity contribution is 7.05. The van der Waals surface area contributed by atoms with Crippen LogP contribution in [0.5, 0.6) is 0 Å². The molecule has 0 radical (unpaired) electrons. The van der Waals surface area contributed by atoms with Crippen molar-refractivity contribution in [3.8, 4) is 0 Å². The number of amides is 1. The number of aromatic nitrogens is 1. The van der Waals surface area contributed by atoms with Gasteiger partial charge in [0, 0.05) is 10.6 Å². The van der Waals surface area contributed by atoms with E-state index < -0.39 is 0 Å². The molecule has 17 heavy (non-hydrogen) atoms. The number of aryl methyl sites for hydroxylation is 2. The zero-order valence-electron chi connectivity index (χ0n) is 9.86. The second-order valence-corrected chi connectivity index (χ2v) is 4.84. The van der Waals surface area contributed by atoms with Gasteiger partial charge in [0.05, 0.1) is 0 Å². The minimum absolute atomic E-state index is 0.154. The van der Waals surface area contributed by atoms with Crippen LogP contribution in [0.2, 0.25) is 0 Å². The average molecular weight is 246 g/mol. The zero-order chi connectivity index (χ0) is 12.3. The standard InChI is InChI=1S/C13H14N2OS/c1-3-10-4-6-11(7-5-10)14-13(16)12-8-9(2)17-15-12/h4-8H,3H2,1-2H3,(H,14,16). The van der Waals surface area contributed by atoms with E-state index in [4.69, 9.17) is 0 Å². The van der Waals surface area contributed by atoms with Crippen molar-refractivity contribution in [3.63, 3.8) is 0 Å². The summed E-state index contributed by atoms with van der Waals surface area (Å²) in [7, 11) is 0. The average Bonchev–Trinajstić information content (AvgIpc) is 2.77. The predicted octanol–water partition coefficient (Wildman–Crippen LogP) is 3.27. The van der Waals surface area contributed by atoms with Gasteiger partial charge in [0.1, 0.15) is 5.69 Å². The van der Waals surface area contributed by atoms with Crippen LogP contribution in [-0.4, -0.2) is 10.3 Å². The molecule has 1 aromatic carbocycles. The Morgan fingerprint density at radius 2 is 2.06 bits per heavy atom. The summed E-state index contributed by atoms with van der Waals surface area (Å²) in [6, 6.07) is 9.65. The monoisotopic (exact) mass is 246 g/mol. The summed E-state index contributed by atoms with van der Waals surface area (Å²) in [6.07, 6.45) is 1.000. The van der Waals surface area contributed by atoms with Crippen molar-refractivity contribution in [3.05, 3.63) is 46.5 Å². The number of hydrogen-bond donors (Lipinski definition) is 1. The number of rotatable bonds is 3. The van der Waals surface area contributed by atoms with Crippen LogP contribution < -0.4 is 5.32 Å². The molecule has 4 heteroatoms. The molecule has 1 aromatic heterocycles. The van der Waals surface area contributed by atoms with Gasteiger partial charge in [-0.3, -0.25) is 4.79 Å².